The molecule has 0 saturated heterocycles. The van der Waals surface area contributed by atoms with Gasteiger partial charge in [-0.05, 0) is 73.9 Å². The Morgan fingerprint density at radius 2 is 1.69 bits per heavy atom. The van der Waals surface area contributed by atoms with E-state index in [0.717, 1.165) is 16.7 Å². The summed E-state index contributed by atoms with van der Waals surface area (Å²) in [4.78, 5) is 38.7. The Bertz CT molecular complexity index is 1270. The zero-order valence-electron chi connectivity index (χ0n) is 24.2. The smallest absolute Gasteiger partial charge is 0.242 e. The molecule has 9 heteroatoms. The van der Waals surface area contributed by atoms with Gasteiger partial charge >= 0.3 is 0 Å². The highest BCUT2D eigenvalue weighted by molar-refractivity contribution is 5.86. The zero-order chi connectivity index (χ0) is 28.9. The number of anilines is 1. The van der Waals surface area contributed by atoms with Gasteiger partial charge in [0.25, 0.3) is 0 Å². The van der Waals surface area contributed by atoms with Crippen LogP contribution in [0.4, 0.5) is 5.69 Å². The molecule has 0 saturated carbocycles. The maximum atomic E-state index is 13.6. The third kappa shape index (κ3) is 6.82. The summed E-state index contributed by atoms with van der Waals surface area (Å²) in [6, 6.07) is 5.99. The molecule has 1 aliphatic carbocycles. The molecule has 2 amide bonds. The molecular formula is C30H41N3O6. The minimum Gasteiger partial charge on any atom is -0.493 e. The summed E-state index contributed by atoms with van der Waals surface area (Å²) in [5, 5.41) is 9.16. The Morgan fingerprint density at radius 3 is 2.26 bits per heavy atom. The first kappa shape index (κ1) is 29.8. The van der Waals surface area contributed by atoms with Crippen molar-refractivity contribution in [1.29, 1.82) is 0 Å². The van der Waals surface area contributed by atoms with Crippen LogP contribution in [0.1, 0.15) is 64.6 Å². The molecule has 9 nitrogen and oxygen atoms in total. The lowest BCUT2D eigenvalue weighted by Crippen LogP contribution is -2.44. The van der Waals surface area contributed by atoms with Crippen LogP contribution in [0.25, 0.3) is 11.1 Å². The van der Waals surface area contributed by atoms with Crippen LogP contribution < -0.4 is 35.6 Å². The van der Waals surface area contributed by atoms with E-state index in [2.05, 4.69) is 16.0 Å². The average molecular weight is 540 g/mol. The largest absolute Gasteiger partial charge is 0.493 e. The summed E-state index contributed by atoms with van der Waals surface area (Å²) >= 11 is 0. The monoisotopic (exact) mass is 539 g/mol. The highest BCUT2D eigenvalue weighted by Crippen LogP contribution is 2.50. The number of nitrogens with one attached hydrogen (secondary N) is 3. The molecule has 212 valence electrons. The molecule has 3 N–H and O–H groups in total. The van der Waals surface area contributed by atoms with Crippen LogP contribution in [-0.2, 0) is 16.0 Å². The van der Waals surface area contributed by atoms with E-state index in [1.165, 1.54) is 6.92 Å². The Labute approximate surface area is 230 Å². The first-order valence-corrected chi connectivity index (χ1v) is 13.3. The number of hydrogen-bond acceptors (Lipinski definition) is 7. The van der Waals surface area contributed by atoms with Crippen LogP contribution in [0.5, 0.6) is 17.2 Å². The molecule has 39 heavy (non-hydrogen) atoms. The number of methoxy groups -OCH3 is 3. The fraction of sp³-hybridized carbons (Fsp3) is 0.500. The van der Waals surface area contributed by atoms with E-state index in [9.17, 15) is 14.4 Å². The number of benzene rings is 1. The van der Waals surface area contributed by atoms with Crippen LogP contribution in [0, 0.1) is 5.92 Å². The molecule has 0 heterocycles. The van der Waals surface area contributed by atoms with Crippen molar-refractivity contribution in [2.24, 2.45) is 5.92 Å². The number of aryl methyl sites for hydroxylation is 1. The Hall–Kier alpha value is -3.75. The predicted molar refractivity (Wildman–Crippen MR) is 153 cm³/mol. The van der Waals surface area contributed by atoms with Crippen molar-refractivity contribution in [1.82, 2.24) is 10.6 Å². The standard InChI is InChI=1S/C30H41N3O6/c1-16(2)13-24(30(36)31-17(3)4)33-23-12-10-20-21(15-25(23)35)22(32-18(5)34)11-9-19-14-26(37-6)28(38-7)29(39-8)27(19)20/h10,12,14-17,22,24H,9,11,13H2,1-8H3,(H,31,36)(H,32,34)(H,33,35). The molecular weight excluding hydrogens is 498 g/mol. The minimum absolute atomic E-state index is 0.0296. The van der Waals surface area contributed by atoms with Gasteiger partial charge in [-0.15, -0.1) is 0 Å². The number of carbonyl (C=O) groups is 2. The summed E-state index contributed by atoms with van der Waals surface area (Å²) in [5.74, 6) is 1.33. The molecule has 3 rings (SSSR count). The second kappa shape index (κ2) is 12.9. The van der Waals surface area contributed by atoms with Crippen molar-refractivity contribution in [2.75, 3.05) is 26.6 Å². The van der Waals surface area contributed by atoms with Crippen molar-refractivity contribution >= 4 is 17.5 Å². The maximum Gasteiger partial charge on any atom is 0.242 e. The van der Waals surface area contributed by atoms with E-state index in [4.69, 9.17) is 14.2 Å². The molecule has 0 fully saturated rings. The zero-order valence-corrected chi connectivity index (χ0v) is 24.2. The van der Waals surface area contributed by atoms with Crippen molar-refractivity contribution < 1.29 is 23.8 Å². The van der Waals surface area contributed by atoms with E-state index < -0.39 is 12.1 Å². The van der Waals surface area contributed by atoms with Crippen LogP contribution >= 0.6 is 0 Å². The summed E-state index contributed by atoms with van der Waals surface area (Å²) in [5.41, 5.74) is 3.14. The second-order valence-electron chi connectivity index (χ2n) is 10.6. The van der Waals surface area contributed by atoms with Crippen molar-refractivity contribution in [3.63, 3.8) is 0 Å². The van der Waals surface area contributed by atoms with E-state index >= 15 is 0 Å². The van der Waals surface area contributed by atoms with Gasteiger partial charge in [-0.3, -0.25) is 14.4 Å². The third-order valence-electron chi connectivity index (χ3n) is 6.70. The number of rotatable bonds is 10. The van der Waals surface area contributed by atoms with E-state index in [0.29, 0.717) is 47.8 Å². The first-order chi connectivity index (χ1) is 18.5. The molecule has 0 aliphatic heterocycles. The number of carbonyl (C=O) groups excluding carboxylic acids is 2. The average Bonchev–Trinajstić information content (AvgIpc) is 3.10. The first-order valence-electron chi connectivity index (χ1n) is 13.3. The SMILES string of the molecule is COc1cc2c(c(OC)c1OC)-c1ccc(NC(CC(C)C)C(=O)NC(C)C)c(=O)cc1C(NC(C)=O)CC2. The quantitative estimate of drug-likeness (QED) is 0.414. The van der Waals surface area contributed by atoms with E-state index in [1.807, 2.05) is 39.8 Å². The number of ether oxygens (including phenoxy) is 3. The molecule has 0 radical (unpaired) electrons. The number of fused-ring (bicyclic) bond motifs is 3. The van der Waals surface area contributed by atoms with Crippen LogP contribution in [0.15, 0.2) is 29.1 Å². The van der Waals surface area contributed by atoms with Crippen LogP contribution in [0.3, 0.4) is 0 Å². The van der Waals surface area contributed by atoms with Crippen molar-refractivity contribution in [3.8, 4) is 28.4 Å². The van der Waals surface area contributed by atoms with Gasteiger partial charge in [0.2, 0.25) is 23.0 Å². The van der Waals surface area contributed by atoms with Crippen LogP contribution in [0.2, 0.25) is 0 Å². The van der Waals surface area contributed by atoms with Gasteiger partial charge in [-0.2, -0.15) is 0 Å². The molecule has 0 aromatic heterocycles. The lowest BCUT2D eigenvalue weighted by Gasteiger charge is -2.22. The number of amides is 2. The molecule has 2 atom stereocenters. The topological polar surface area (TPSA) is 115 Å². The van der Waals surface area contributed by atoms with E-state index in [1.54, 1.807) is 33.5 Å². The Morgan fingerprint density at radius 1 is 1.00 bits per heavy atom. The highest BCUT2D eigenvalue weighted by atomic mass is 16.5. The summed E-state index contributed by atoms with van der Waals surface area (Å²) in [6.07, 6.45) is 1.73. The summed E-state index contributed by atoms with van der Waals surface area (Å²) in [6.45, 7) is 9.33. The fourth-order valence-corrected chi connectivity index (χ4v) is 5.10. The summed E-state index contributed by atoms with van der Waals surface area (Å²) in [7, 11) is 4.68. The van der Waals surface area contributed by atoms with Crippen molar-refractivity contribution in [2.45, 2.75) is 72.0 Å². The summed E-state index contributed by atoms with van der Waals surface area (Å²) < 4.78 is 17.1. The lowest BCUT2D eigenvalue weighted by molar-refractivity contribution is -0.122. The van der Waals surface area contributed by atoms with Gasteiger partial charge in [-0.25, -0.2) is 0 Å². The van der Waals surface area contributed by atoms with Crippen molar-refractivity contribution in [3.05, 3.63) is 45.6 Å². The Kier molecular flexibility index (Phi) is 9.83. The molecule has 0 bridgehead atoms. The second-order valence-corrected chi connectivity index (χ2v) is 10.6. The lowest BCUT2D eigenvalue weighted by atomic mass is 9.95. The predicted octanol–water partition coefficient (Wildman–Crippen LogP) is 4.21. The highest BCUT2D eigenvalue weighted by Gasteiger charge is 2.30. The minimum atomic E-state index is -0.584. The van der Waals surface area contributed by atoms with Gasteiger partial charge in [0.05, 0.1) is 33.1 Å². The van der Waals surface area contributed by atoms with Gasteiger partial charge in [0.15, 0.2) is 11.5 Å². The van der Waals surface area contributed by atoms with Gasteiger partial charge in [0.1, 0.15) is 6.04 Å². The Balaban J connectivity index is 2.26. The van der Waals surface area contributed by atoms with Crippen LogP contribution in [-0.4, -0.2) is 45.2 Å². The molecule has 1 aliphatic rings. The molecule has 2 aromatic rings. The fourth-order valence-electron chi connectivity index (χ4n) is 5.10. The van der Waals surface area contributed by atoms with E-state index in [-0.39, 0.29) is 29.2 Å². The molecule has 2 aromatic carbocycles. The maximum absolute atomic E-state index is 13.6. The van der Waals surface area contributed by atoms with Gasteiger partial charge < -0.3 is 30.2 Å². The van der Waals surface area contributed by atoms with Gasteiger partial charge in [0, 0.05) is 18.5 Å². The number of hydrogen-bond donors (Lipinski definition) is 3. The third-order valence-corrected chi connectivity index (χ3v) is 6.70. The normalized spacial score (nSPS) is 15.0. The van der Waals surface area contributed by atoms with Gasteiger partial charge in [-0.1, -0.05) is 19.9 Å². The molecule has 2 unspecified atom stereocenters. The molecule has 0 spiro atoms.